The van der Waals surface area contributed by atoms with Gasteiger partial charge in [0, 0.05) is 26.2 Å². The third-order valence-electron chi connectivity index (χ3n) is 4.91. The summed E-state index contributed by atoms with van der Waals surface area (Å²) in [6, 6.07) is 10.9. The van der Waals surface area contributed by atoms with E-state index in [1.165, 1.54) is 51.1 Å². The van der Waals surface area contributed by atoms with Gasteiger partial charge >= 0.3 is 0 Å². The second kappa shape index (κ2) is 5.87. The second-order valence-corrected chi connectivity index (χ2v) is 7.33. The molecule has 2 aliphatic rings. The Kier molecular flexibility index (Phi) is 4.13. The molecule has 2 heterocycles. The van der Waals surface area contributed by atoms with Crippen molar-refractivity contribution in [3.63, 3.8) is 0 Å². The molecule has 0 aromatic heterocycles. The molecule has 0 aliphatic carbocycles. The average molecular weight is 272 g/mol. The Morgan fingerprint density at radius 1 is 1.00 bits per heavy atom. The molecule has 2 fully saturated rings. The highest BCUT2D eigenvalue weighted by Gasteiger charge is 2.44. The molecule has 0 saturated carbocycles. The summed E-state index contributed by atoms with van der Waals surface area (Å²) >= 11 is 0. The van der Waals surface area contributed by atoms with Crippen molar-refractivity contribution < 1.29 is 0 Å². The van der Waals surface area contributed by atoms with E-state index in [-0.39, 0.29) is 0 Å². The van der Waals surface area contributed by atoms with E-state index in [2.05, 4.69) is 54.0 Å². The van der Waals surface area contributed by atoms with E-state index < -0.39 is 0 Å². The molecule has 0 bridgehead atoms. The number of piperidine rings is 1. The summed E-state index contributed by atoms with van der Waals surface area (Å²) in [5.41, 5.74) is 2.11. The zero-order chi connectivity index (χ0) is 14.0. The molecule has 0 unspecified atom stereocenters. The molecule has 1 aromatic carbocycles. The predicted octanol–water partition coefficient (Wildman–Crippen LogP) is 3.24. The Morgan fingerprint density at radius 3 is 2.25 bits per heavy atom. The van der Waals surface area contributed by atoms with Crippen LogP contribution in [0.5, 0.6) is 0 Å². The van der Waals surface area contributed by atoms with Gasteiger partial charge < -0.3 is 4.90 Å². The molecule has 0 atom stereocenters. The Morgan fingerprint density at radius 2 is 1.65 bits per heavy atom. The van der Waals surface area contributed by atoms with Gasteiger partial charge in [0.1, 0.15) is 0 Å². The average Bonchev–Trinajstić information content (AvgIpc) is 2.40. The van der Waals surface area contributed by atoms with Crippen LogP contribution in [0.1, 0.15) is 32.3 Å². The summed E-state index contributed by atoms with van der Waals surface area (Å²) in [4.78, 5) is 5.28. The van der Waals surface area contributed by atoms with Crippen LogP contribution in [0.15, 0.2) is 30.3 Å². The molecule has 2 aliphatic heterocycles. The van der Waals surface area contributed by atoms with E-state index in [0.29, 0.717) is 5.41 Å². The first kappa shape index (κ1) is 14.1. The van der Waals surface area contributed by atoms with E-state index in [4.69, 9.17) is 0 Å². The van der Waals surface area contributed by atoms with Gasteiger partial charge in [-0.2, -0.15) is 0 Å². The van der Waals surface area contributed by atoms with Crippen molar-refractivity contribution >= 4 is 0 Å². The summed E-state index contributed by atoms with van der Waals surface area (Å²) in [6.07, 6.45) is 2.82. The van der Waals surface area contributed by atoms with Gasteiger partial charge in [0.05, 0.1) is 0 Å². The van der Waals surface area contributed by atoms with Crippen LogP contribution in [-0.2, 0) is 6.54 Å². The van der Waals surface area contributed by atoms with Gasteiger partial charge in [-0.25, -0.2) is 0 Å². The minimum absolute atomic E-state index is 0.655. The third kappa shape index (κ3) is 3.24. The van der Waals surface area contributed by atoms with Crippen molar-refractivity contribution in [2.45, 2.75) is 33.2 Å². The second-order valence-electron chi connectivity index (χ2n) is 7.33. The van der Waals surface area contributed by atoms with Crippen LogP contribution in [-0.4, -0.2) is 42.5 Å². The number of hydrogen-bond acceptors (Lipinski definition) is 2. The molecule has 0 amide bonds. The Balaban J connectivity index is 1.44. The number of rotatable bonds is 4. The molecule has 1 aromatic rings. The SMILES string of the molecule is CC(C)CN1CCC2(CC1)CN(Cc1ccccc1)C2. The standard InChI is InChI=1S/C18H28N2/c1-16(2)12-19-10-8-18(9-11-19)14-20(15-18)13-17-6-4-3-5-7-17/h3-7,16H,8-15H2,1-2H3. The fourth-order valence-corrected chi connectivity index (χ4v) is 3.90. The maximum atomic E-state index is 2.66. The highest BCUT2D eigenvalue weighted by Crippen LogP contribution is 2.41. The Bertz CT molecular complexity index is 410. The van der Waals surface area contributed by atoms with Gasteiger partial charge in [0.15, 0.2) is 0 Å². The lowest BCUT2D eigenvalue weighted by Gasteiger charge is -2.54. The smallest absolute Gasteiger partial charge is 0.0234 e. The van der Waals surface area contributed by atoms with Crippen LogP contribution in [0.25, 0.3) is 0 Å². The molecule has 0 radical (unpaired) electrons. The minimum atomic E-state index is 0.655. The van der Waals surface area contributed by atoms with Gasteiger partial charge in [-0.1, -0.05) is 44.2 Å². The van der Waals surface area contributed by atoms with Gasteiger partial charge in [-0.05, 0) is 42.8 Å². The maximum absolute atomic E-state index is 2.66. The molecule has 20 heavy (non-hydrogen) atoms. The van der Waals surface area contributed by atoms with Crippen LogP contribution in [0, 0.1) is 11.3 Å². The zero-order valence-electron chi connectivity index (χ0n) is 13.0. The first-order valence-corrected chi connectivity index (χ1v) is 8.14. The van der Waals surface area contributed by atoms with Crippen molar-refractivity contribution in [1.29, 1.82) is 0 Å². The van der Waals surface area contributed by atoms with Crippen molar-refractivity contribution in [3.8, 4) is 0 Å². The number of likely N-dealkylation sites (tertiary alicyclic amines) is 2. The zero-order valence-corrected chi connectivity index (χ0v) is 13.0. The largest absolute Gasteiger partial charge is 0.303 e. The Hall–Kier alpha value is -0.860. The topological polar surface area (TPSA) is 6.48 Å². The third-order valence-corrected chi connectivity index (χ3v) is 4.91. The van der Waals surface area contributed by atoms with Crippen LogP contribution < -0.4 is 0 Å². The van der Waals surface area contributed by atoms with Crippen LogP contribution in [0.4, 0.5) is 0 Å². The van der Waals surface area contributed by atoms with Crippen LogP contribution >= 0.6 is 0 Å². The predicted molar refractivity (Wildman–Crippen MR) is 84.7 cm³/mol. The normalized spacial score (nSPS) is 23.1. The summed E-state index contributed by atoms with van der Waals surface area (Å²) in [5, 5.41) is 0. The lowest BCUT2D eigenvalue weighted by molar-refractivity contribution is -0.0524. The summed E-state index contributed by atoms with van der Waals surface area (Å²) in [6.45, 7) is 12.3. The monoisotopic (exact) mass is 272 g/mol. The molecule has 2 saturated heterocycles. The Labute approximate surface area is 123 Å². The highest BCUT2D eigenvalue weighted by molar-refractivity contribution is 5.15. The van der Waals surface area contributed by atoms with Gasteiger partial charge in [-0.3, -0.25) is 4.90 Å². The summed E-state index contributed by atoms with van der Waals surface area (Å²) in [5.74, 6) is 0.806. The number of nitrogens with zero attached hydrogens (tertiary/aromatic N) is 2. The quantitative estimate of drug-likeness (QED) is 0.830. The fourth-order valence-electron chi connectivity index (χ4n) is 3.90. The highest BCUT2D eigenvalue weighted by atomic mass is 15.2. The van der Waals surface area contributed by atoms with Crippen LogP contribution in [0.2, 0.25) is 0 Å². The van der Waals surface area contributed by atoms with Gasteiger partial charge in [0.2, 0.25) is 0 Å². The molecule has 2 nitrogen and oxygen atoms in total. The van der Waals surface area contributed by atoms with Crippen molar-refractivity contribution in [2.24, 2.45) is 11.3 Å². The molecular formula is C18H28N2. The molecule has 110 valence electrons. The van der Waals surface area contributed by atoms with E-state index in [1.54, 1.807) is 0 Å². The summed E-state index contributed by atoms with van der Waals surface area (Å²) in [7, 11) is 0. The lowest BCUT2D eigenvalue weighted by Crippen LogP contribution is -2.59. The number of hydrogen-bond donors (Lipinski definition) is 0. The van der Waals surface area contributed by atoms with Crippen molar-refractivity contribution in [1.82, 2.24) is 9.80 Å². The van der Waals surface area contributed by atoms with E-state index in [1.807, 2.05) is 0 Å². The molecule has 1 spiro atoms. The first-order valence-electron chi connectivity index (χ1n) is 8.14. The molecular weight excluding hydrogens is 244 g/mol. The van der Waals surface area contributed by atoms with Gasteiger partial charge in [-0.15, -0.1) is 0 Å². The maximum Gasteiger partial charge on any atom is 0.0234 e. The minimum Gasteiger partial charge on any atom is -0.303 e. The molecule has 3 rings (SSSR count). The van der Waals surface area contributed by atoms with Crippen LogP contribution in [0.3, 0.4) is 0 Å². The van der Waals surface area contributed by atoms with Crippen molar-refractivity contribution in [3.05, 3.63) is 35.9 Å². The van der Waals surface area contributed by atoms with E-state index in [0.717, 1.165) is 12.5 Å². The number of benzene rings is 1. The molecule has 0 N–H and O–H groups in total. The first-order chi connectivity index (χ1) is 9.65. The van der Waals surface area contributed by atoms with Crippen molar-refractivity contribution in [2.75, 3.05) is 32.7 Å². The fraction of sp³-hybridized carbons (Fsp3) is 0.667. The molecule has 2 heteroatoms. The summed E-state index contributed by atoms with van der Waals surface area (Å²) < 4.78 is 0. The lowest BCUT2D eigenvalue weighted by atomic mass is 9.72. The van der Waals surface area contributed by atoms with E-state index >= 15 is 0 Å². The van der Waals surface area contributed by atoms with E-state index in [9.17, 15) is 0 Å². The van der Waals surface area contributed by atoms with Gasteiger partial charge in [0.25, 0.3) is 0 Å².